The maximum absolute atomic E-state index is 12.5. The number of carbonyl (C=O) groups is 2. The summed E-state index contributed by atoms with van der Waals surface area (Å²) < 4.78 is 10.1. The predicted octanol–water partition coefficient (Wildman–Crippen LogP) is 2.86. The number of ether oxygens (including phenoxy) is 2. The fourth-order valence-corrected chi connectivity index (χ4v) is 2.77. The molecule has 0 aromatic heterocycles. The molecule has 1 unspecified atom stereocenters. The van der Waals surface area contributed by atoms with Gasteiger partial charge in [0.15, 0.2) is 0 Å². The Bertz CT molecular complexity index is 555. The fourth-order valence-electron chi connectivity index (χ4n) is 2.77. The van der Waals surface area contributed by atoms with Gasteiger partial charge >= 0.3 is 12.1 Å². The number of hydrogen-bond acceptors (Lipinski definition) is 5. The number of aromatic hydroxyl groups is 1. The summed E-state index contributed by atoms with van der Waals surface area (Å²) in [5.74, 6) is -0.0665. The summed E-state index contributed by atoms with van der Waals surface area (Å²) in [5, 5.41) is 9.42. The lowest BCUT2D eigenvalue weighted by Gasteiger charge is -2.28. The van der Waals surface area contributed by atoms with Gasteiger partial charge in [-0.15, -0.1) is 0 Å². The number of methoxy groups -OCH3 is 1. The molecule has 1 aromatic rings. The van der Waals surface area contributed by atoms with Gasteiger partial charge in [-0.05, 0) is 36.5 Å². The van der Waals surface area contributed by atoms with Crippen molar-refractivity contribution in [3.05, 3.63) is 29.8 Å². The van der Waals surface area contributed by atoms with Crippen molar-refractivity contribution in [1.29, 1.82) is 0 Å². The van der Waals surface area contributed by atoms with Gasteiger partial charge in [-0.1, -0.05) is 26.0 Å². The number of phenols is 1. The molecule has 6 heteroatoms. The highest BCUT2D eigenvalue weighted by molar-refractivity contribution is 5.82. The molecule has 126 valence electrons. The highest BCUT2D eigenvalue weighted by Gasteiger charge is 2.43. The second-order valence-electron chi connectivity index (χ2n) is 6.10. The van der Waals surface area contributed by atoms with E-state index in [0.717, 1.165) is 5.56 Å². The third-order valence-electron chi connectivity index (χ3n) is 3.89. The zero-order valence-electron chi connectivity index (χ0n) is 13.7. The second kappa shape index (κ2) is 7.35. The highest BCUT2D eigenvalue weighted by atomic mass is 16.6. The third kappa shape index (κ3) is 3.94. The van der Waals surface area contributed by atoms with Gasteiger partial charge in [0.1, 0.15) is 11.8 Å². The van der Waals surface area contributed by atoms with E-state index in [1.807, 2.05) is 13.8 Å². The summed E-state index contributed by atoms with van der Waals surface area (Å²) in [4.78, 5) is 25.9. The zero-order valence-corrected chi connectivity index (χ0v) is 13.7. The average molecular weight is 321 g/mol. The summed E-state index contributed by atoms with van der Waals surface area (Å²) in [7, 11) is 1.31. The van der Waals surface area contributed by atoms with Crippen LogP contribution in [0.15, 0.2) is 24.3 Å². The number of phenolic OH excluding ortho intramolecular Hbond substituents is 1. The maximum atomic E-state index is 12.5. The molecule has 0 aliphatic carbocycles. The van der Waals surface area contributed by atoms with Crippen LogP contribution in [-0.4, -0.2) is 41.8 Å². The zero-order chi connectivity index (χ0) is 17.0. The van der Waals surface area contributed by atoms with Crippen LogP contribution in [0.1, 0.15) is 38.3 Å². The van der Waals surface area contributed by atoms with Crippen LogP contribution in [0, 0.1) is 5.92 Å². The predicted molar refractivity (Wildman–Crippen MR) is 83.9 cm³/mol. The smallest absolute Gasteiger partial charge is 0.411 e. The Balaban J connectivity index is 2.24. The molecule has 23 heavy (non-hydrogen) atoms. The summed E-state index contributed by atoms with van der Waals surface area (Å²) in [5.41, 5.74) is 0.857. The first-order valence-corrected chi connectivity index (χ1v) is 7.76. The first-order chi connectivity index (χ1) is 10.9. The van der Waals surface area contributed by atoms with E-state index < -0.39 is 18.1 Å². The quantitative estimate of drug-likeness (QED) is 0.863. The lowest BCUT2D eigenvalue weighted by molar-refractivity contribution is -0.145. The molecule has 0 bridgehead atoms. The Morgan fingerprint density at radius 1 is 1.26 bits per heavy atom. The van der Waals surface area contributed by atoms with Crippen LogP contribution in [0.25, 0.3) is 0 Å². The molecule has 1 aliphatic rings. The number of benzene rings is 1. The summed E-state index contributed by atoms with van der Waals surface area (Å²) in [6.45, 7) is 4.20. The minimum Gasteiger partial charge on any atom is -0.508 e. The van der Waals surface area contributed by atoms with Gasteiger partial charge in [0.2, 0.25) is 0 Å². The van der Waals surface area contributed by atoms with Crippen molar-refractivity contribution >= 4 is 12.1 Å². The summed E-state index contributed by atoms with van der Waals surface area (Å²) >= 11 is 0. The molecule has 1 heterocycles. The molecule has 1 N–H and O–H groups in total. The topological polar surface area (TPSA) is 76.1 Å². The Labute approximate surface area is 136 Å². The van der Waals surface area contributed by atoms with Crippen molar-refractivity contribution in [2.24, 2.45) is 5.92 Å². The lowest BCUT2D eigenvalue weighted by Crippen LogP contribution is -2.43. The number of carbonyl (C=O) groups excluding carboxylic acids is 2. The molecule has 1 fully saturated rings. The van der Waals surface area contributed by atoms with Crippen LogP contribution < -0.4 is 0 Å². The minimum atomic E-state index is -0.640. The lowest BCUT2D eigenvalue weighted by atomic mass is 10.0. The molecule has 1 saturated heterocycles. The molecule has 1 amide bonds. The number of hydrogen-bond donors (Lipinski definition) is 1. The number of nitrogens with zero attached hydrogens (tertiary/aromatic N) is 1. The van der Waals surface area contributed by atoms with Crippen molar-refractivity contribution in [3.63, 3.8) is 0 Å². The molecule has 0 radical (unpaired) electrons. The van der Waals surface area contributed by atoms with Crippen LogP contribution in [0.4, 0.5) is 4.79 Å². The van der Waals surface area contributed by atoms with E-state index in [4.69, 9.17) is 9.47 Å². The normalized spacial score (nSPS) is 20.6. The molecule has 1 aromatic carbocycles. The third-order valence-corrected chi connectivity index (χ3v) is 3.89. The Morgan fingerprint density at radius 2 is 1.91 bits per heavy atom. The number of amides is 1. The standard InChI is InChI=1S/C17H23NO5/c1-11(2)10-23-17(21)18-14(8-9-15(18)16(20)22-3)12-4-6-13(19)7-5-12/h4-7,11,14-15,19H,8-10H2,1-3H3/t14?,15-/m0/s1. The van der Waals surface area contributed by atoms with E-state index in [2.05, 4.69) is 0 Å². The minimum absolute atomic E-state index is 0.158. The van der Waals surface area contributed by atoms with Crippen molar-refractivity contribution in [2.45, 2.75) is 38.8 Å². The van der Waals surface area contributed by atoms with Crippen molar-refractivity contribution in [3.8, 4) is 5.75 Å². The van der Waals surface area contributed by atoms with Gasteiger partial charge in [0.05, 0.1) is 19.8 Å². The van der Waals surface area contributed by atoms with Crippen LogP contribution in [-0.2, 0) is 14.3 Å². The number of rotatable bonds is 4. The first-order valence-electron chi connectivity index (χ1n) is 7.76. The van der Waals surface area contributed by atoms with E-state index in [1.54, 1.807) is 24.3 Å². The first kappa shape index (κ1) is 17.1. The molecule has 0 spiro atoms. The molecule has 1 aliphatic heterocycles. The Morgan fingerprint density at radius 3 is 2.48 bits per heavy atom. The second-order valence-corrected chi connectivity index (χ2v) is 6.10. The average Bonchev–Trinajstić information content (AvgIpc) is 2.97. The van der Waals surface area contributed by atoms with Gasteiger partial charge in [0, 0.05) is 0 Å². The molecule has 2 atom stereocenters. The Kier molecular flexibility index (Phi) is 5.47. The molecule has 2 rings (SSSR count). The van der Waals surface area contributed by atoms with Gasteiger partial charge in [-0.2, -0.15) is 0 Å². The van der Waals surface area contributed by atoms with Crippen LogP contribution in [0.5, 0.6) is 5.75 Å². The van der Waals surface area contributed by atoms with Gasteiger partial charge in [0.25, 0.3) is 0 Å². The van der Waals surface area contributed by atoms with Crippen LogP contribution in [0.3, 0.4) is 0 Å². The number of likely N-dealkylation sites (tertiary alicyclic amines) is 1. The van der Waals surface area contributed by atoms with E-state index in [0.29, 0.717) is 19.4 Å². The van der Waals surface area contributed by atoms with Crippen molar-refractivity contribution < 1.29 is 24.2 Å². The molecule has 0 saturated carbocycles. The van der Waals surface area contributed by atoms with E-state index >= 15 is 0 Å². The van der Waals surface area contributed by atoms with Gasteiger partial charge in [-0.25, -0.2) is 9.59 Å². The van der Waals surface area contributed by atoms with Gasteiger partial charge in [-0.3, -0.25) is 4.90 Å². The molecule has 6 nitrogen and oxygen atoms in total. The van der Waals surface area contributed by atoms with E-state index in [9.17, 15) is 14.7 Å². The number of esters is 1. The highest BCUT2D eigenvalue weighted by Crippen LogP contribution is 2.37. The fraction of sp³-hybridized carbons (Fsp3) is 0.529. The monoisotopic (exact) mass is 321 g/mol. The SMILES string of the molecule is COC(=O)[C@@H]1CCC(c2ccc(O)cc2)N1C(=O)OCC(C)C. The largest absolute Gasteiger partial charge is 0.508 e. The van der Waals surface area contributed by atoms with Gasteiger partial charge < -0.3 is 14.6 Å². The van der Waals surface area contributed by atoms with Crippen LogP contribution in [0.2, 0.25) is 0 Å². The van der Waals surface area contributed by atoms with Crippen molar-refractivity contribution in [2.75, 3.05) is 13.7 Å². The Hall–Kier alpha value is -2.24. The maximum Gasteiger partial charge on any atom is 0.411 e. The van der Waals surface area contributed by atoms with Crippen molar-refractivity contribution in [1.82, 2.24) is 4.90 Å². The van der Waals surface area contributed by atoms with Crippen LogP contribution >= 0.6 is 0 Å². The van der Waals surface area contributed by atoms with E-state index in [1.165, 1.54) is 12.0 Å². The molecular formula is C17H23NO5. The van der Waals surface area contributed by atoms with E-state index in [-0.39, 0.29) is 17.7 Å². The summed E-state index contributed by atoms with van der Waals surface area (Å²) in [6, 6.07) is 5.74. The molecular weight excluding hydrogens is 298 g/mol. The summed E-state index contributed by atoms with van der Waals surface area (Å²) in [6.07, 6.45) is 0.653.